The van der Waals surface area contributed by atoms with Crippen molar-refractivity contribution in [3.8, 4) is 0 Å². The summed E-state index contributed by atoms with van der Waals surface area (Å²) in [5, 5.41) is 0. The monoisotopic (exact) mass is 192 g/mol. The summed E-state index contributed by atoms with van der Waals surface area (Å²) < 4.78 is 11.9. The fourth-order valence-electron chi connectivity index (χ4n) is 4.23. The van der Waals surface area contributed by atoms with Gasteiger partial charge < -0.3 is 9.47 Å². The lowest BCUT2D eigenvalue weighted by Crippen LogP contribution is -2.40. The van der Waals surface area contributed by atoms with E-state index in [0.717, 1.165) is 25.0 Å². The first-order chi connectivity index (χ1) is 6.88. The predicted molar refractivity (Wildman–Crippen MR) is 51.6 cm³/mol. The Morgan fingerprint density at radius 3 is 2.71 bits per heavy atom. The van der Waals surface area contributed by atoms with Crippen molar-refractivity contribution in [2.45, 2.75) is 25.0 Å². The van der Waals surface area contributed by atoms with E-state index in [2.05, 4.69) is 12.2 Å². The fourth-order valence-corrected chi connectivity index (χ4v) is 4.23. The molecule has 76 valence electrons. The van der Waals surface area contributed by atoms with E-state index in [4.69, 9.17) is 9.47 Å². The molecule has 0 aromatic carbocycles. The average molecular weight is 192 g/mol. The van der Waals surface area contributed by atoms with Gasteiger partial charge in [0.1, 0.15) is 0 Å². The molecular formula is C12H16O2. The first-order valence-electron chi connectivity index (χ1n) is 5.85. The highest BCUT2D eigenvalue weighted by molar-refractivity contribution is 5.17. The fraction of sp³-hybridized carbons (Fsp3) is 0.833. The van der Waals surface area contributed by atoms with Crippen molar-refractivity contribution >= 4 is 0 Å². The second-order valence-corrected chi connectivity index (χ2v) is 5.25. The van der Waals surface area contributed by atoms with E-state index in [1.807, 2.05) is 0 Å². The number of ether oxygens (including phenoxy) is 2. The molecule has 0 N–H and O–H groups in total. The quantitative estimate of drug-likeness (QED) is 0.546. The number of allylic oxidation sites excluding steroid dienone is 1. The van der Waals surface area contributed by atoms with Crippen molar-refractivity contribution < 1.29 is 9.47 Å². The molecule has 3 bridgehead atoms. The van der Waals surface area contributed by atoms with E-state index < -0.39 is 0 Å². The van der Waals surface area contributed by atoms with E-state index in [9.17, 15) is 0 Å². The molecular weight excluding hydrogens is 176 g/mol. The number of hydrogen-bond acceptors (Lipinski definition) is 2. The van der Waals surface area contributed by atoms with Crippen LogP contribution in [-0.2, 0) is 9.47 Å². The lowest BCUT2D eigenvalue weighted by atomic mass is 9.76. The van der Waals surface area contributed by atoms with Crippen molar-refractivity contribution in [3.05, 3.63) is 12.2 Å². The second kappa shape index (κ2) is 2.42. The van der Waals surface area contributed by atoms with Crippen LogP contribution in [0.5, 0.6) is 0 Å². The normalized spacial score (nSPS) is 52.0. The molecule has 4 atom stereocenters. The molecule has 0 aromatic heterocycles. The maximum Gasteiger partial charge on any atom is 0.177 e. The van der Waals surface area contributed by atoms with Crippen LogP contribution >= 0.6 is 0 Å². The van der Waals surface area contributed by atoms with Crippen LogP contribution in [0.3, 0.4) is 0 Å². The Morgan fingerprint density at radius 1 is 1.00 bits per heavy atom. The minimum atomic E-state index is -0.188. The molecule has 1 spiro atoms. The highest BCUT2D eigenvalue weighted by atomic mass is 16.7. The summed E-state index contributed by atoms with van der Waals surface area (Å²) in [5.41, 5.74) is 0. The smallest absolute Gasteiger partial charge is 0.177 e. The van der Waals surface area contributed by atoms with Crippen LogP contribution in [0.25, 0.3) is 0 Å². The van der Waals surface area contributed by atoms with Gasteiger partial charge in [-0.25, -0.2) is 0 Å². The molecule has 2 heteroatoms. The van der Waals surface area contributed by atoms with E-state index in [1.54, 1.807) is 0 Å². The second-order valence-electron chi connectivity index (χ2n) is 5.25. The first-order valence-corrected chi connectivity index (χ1v) is 5.85. The molecule has 0 radical (unpaired) electrons. The highest BCUT2D eigenvalue weighted by Crippen LogP contribution is 2.60. The van der Waals surface area contributed by atoms with Crippen LogP contribution in [0.1, 0.15) is 19.3 Å². The van der Waals surface area contributed by atoms with Gasteiger partial charge in [-0.05, 0) is 31.1 Å². The van der Waals surface area contributed by atoms with E-state index in [-0.39, 0.29) is 5.79 Å². The van der Waals surface area contributed by atoms with Crippen molar-refractivity contribution in [3.63, 3.8) is 0 Å². The lowest BCUT2D eigenvalue weighted by molar-refractivity contribution is -0.200. The van der Waals surface area contributed by atoms with Gasteiger partial charge in [-0.3, -0.25) is 0 Å². The molecule has 4 aliphatic rings. The topological polar surface area (TPSA) is 18.5 Å². The van der Waals surface area contributed by atoms with Crippen LogP contribution in [0.2, 0.25) is 0 Å². The molecule has 1 aliphatic heterocycles. The van der Waals surface area contributed by atoms with Crippen LogP contribution in [0.4, 0.5) is 0 Å². The van der Waals surface area contributed by atoms with Gasteiger partial charge in [0, 0.05) is 11.8 Å². The molecule has 0 aromatic rings. The van der Waals surface area contributed by atoms with Gasteiger partial charge in [0.15, 0.2) is 5.79 Å². The van der Waals surface area contributed by atoms with E-state index in [0.29, 0.717) is 11.8 Å². The Hall–Kier alpha value is -0.340. The Balaban J connectivity index is 1.83. The summed E-state index contributed by atoms with van der Waals surface area (Å²) in [7, 11) is 0. The van der Waals surface area contributed by atoms with Crippen molar-refractivity contribution in [1.29, 1.82) is 0 Å². The van der Waals surface area contributed by atoms with Gasteiger partial charge >= 0.3 is 0 Å². The molecule has 4 rings (SSSR count). The Bertz CT molecular complexity index is 291. The molecule has 0 amide bonds. The Labute approximate surface area is 84.3 Å². The van der Waals surface area contributed by atoms with Crippen molar-refractivity contribution in [2.24, 2.45) is 23.7 Å². The zero-order valence-corrected chi connectivity index (χ0v) is 8.32. The van der Waals surface area contributed by atoms with Crippen LogP contribution < -0.4 is 0 Å². The van der Waals surface area contributed by atoms with Gasteiger partial charge in [-0.15, -0.1) is 0 Å². The summed E-state index contributed by atoms with van der Waals surface area (Å²) in [4.78, 5) is 0. The predicted octanol–water partition coefficient (Wildman–Crippen LogP) is 1.96. The third-order valence-electron chi connectivity index (χ3n) is 4.65. The third-order valence-corrected chi connectivity index (χ3v) is 4.65. The molecule has 1 heterocycles. The van der Waals surface area contributed by atoms with E-state index >= 15 is 0 Å². The molecule has 1 unspecified atom stereocenters. The van der Waals surface area contributed by atoms with Gasteiger partial charge in [0.25, 0.3) is 0 Å². The summed E-state index contributed by atoms with van der Waals surface area (Å²) in [5.74, 6) is 2.72. The van der Waals surface area contributed by atoms with Crippen molar-refractivity contribution in [1.82, 2.24) is 0 Å². The minimum absolute atomic E-state index is 0.188. The molecule has 2 nitrogen and oxygen atoms in total. The van der Waals surface area contributed by atoms with Crippen LogP contribution in [0, 0.1) is 23.7 Å². The summed E-state index contributed by atoms with van der Waals surface area (Å²) in [6.45, 7) is 1.61. The third kappa shape index (κ3) is 0.763. The Kier molecular flexibility index (Phi) is 1.36. The molecule has 3 fully saturated rings. The molecule has 14 heavy (non-hydrogen) atoms. The van der Waals surface area contributed by atoms with Crippen LogP contribution in [-0.4, -0.2) is 19.0 Å². The van der Waals surface area contributed by atoms with Gasteiger partial charge in [-0.1, -0.05) is 12.2 Å². The van der Waals surface area contributed by atoms with Crippen LogP contribution in [0.15, 0.2) is 12.2 Å². The standard InChI is InChI=1S/C12H16O2/c1-2-11-9-5-8(1)6-10(7-9)12(11)13-3-4-14-12/h1-2,8-11H,3-7H2/t8-,9+,10-,11?/m0/s1. The number of fused-ring (bicyclic) bond motifs is 4. The maximum atomic E-state index is 5.97. The number of rotatable bonds is 0. The van der Waals surface area contributed by atoms with Gasteiger partial charge in [-0.2, -0.15) is 0 Å². The molecule has 2 saturated carbocycles. The van der Waals surface area contributed by atoms with E-state index in [1.165, 1.54) is 19.3 Å². The number of hydrogen-bond donors (Lipinski definition) is 0. The summed E-state index contributed by atoms with van der Waals surface area (Å²) in [6, 6.07) is 0. The first kappa shape index (κ1) is 7.89. The van der Waals surface area contributed by atoms with Crippen molar-refractivity contribution in [2.75, 3.05) is 13.2 Å². The largest absolute Gasteiger partial charge is 0.347 e. The highest BCUT2D eigenvalue weighted by Gasteiger charge is 2.61. The lowest BCUT2D eigenvalue weighted by Gasteiger charge is -2.32. The van der Waals surface area contributed by atoms with Gasteiger partial charge in [0.05, 0.1) is 13.2 Å². The molecule has 1 saturated heterocycles. The minimum Gasteiger partial charge on any atom is -0.347 e. The maximum absolute atomic E-state index is 5.97. The summed E-state index contributed by atoms with van der Waals surface area (Å²) >= 11 is 0. The SMILES string of the molecule is C1=C[C@H]2C[C@@H]3C[C@H](C2)C2(OCCO2)C13. The average Bonchev–Trinajstić information content (AvgIpc) is 2.71. The van der Waals surface area contributed by atoms with Gasteiger partial charge in [0.2, 0.25) is 0 Å². The summed E-state index contributed by atoms with van der Waals surface area (Å²) in [6.07, 6.45) is 8.81. The zero-order chi connectivity index (χ0) is 9.17. The zero-order valence-electron chi connectivity index (χ0n) is 8.32. The molecule has 3 aliphatic carbocycles. The Morgan fingerprint density at radius 2 is 1.86 bits per heavy atom.